The van der Waals surface area contributed by atoms with Gasteiger partial charge in [0.1, 0.15) is 5.75 Å². The number of benzene rings is 1. The summed E-state index contributed by atoms with van der Waals surface area (Å²) in [7, 11) is 1.68. The fourth-order valence-electron chi connectivity index (χ4n) is 2.27. The van der Waals surface area contributed by atoms with Crippen LogP contribution in [0.1, 0.15) is 45.1 Å². The van der Waals surface area contributed by atoms with E-state index in [-0.39, 0.29) is 6.61 Å². The molecule has 0 saturated carbocycles. The van der Waals surface area contributed by atoms with Crippen molar-refractivity contribution in [3.63, 3.8) is 0 Å². The lowest BCUT2D eigenvalue weighted by atomic mass is 9.93. The van der Waals surface area contributed by atoms with Crippen molar-refractivity contribution in [3.8, 4) is 5.75 Å². The molecule has 3 heteroatoms. The van der Waals surface area contributed by atoms with Crippen LogP contribution < -0.4 is 10.1 Å². The van der Waals surface area contributed by atoms with Crippen molar-refractivity contribution >= 4 is 0 Å². The van der Waals surface area contributed by atoms with Crippen LogP contribution >= 0.6 is 0 Å². The van der Waals surface area contributed by atoms with Gasteiger partial charge in [0.15, 0.2) is 0 Å². The van der Waals surface area contributed by atoms with Gasteiger partial charge < -0.3 is 15.2 Å². The van der Waals surface area contributed by atoms with E-state index in [0.29, 0.717) is 18.0 Å². The third-order valence-corrected chi connectivity index (χ3v) is 3.86. The Balaban J connectivity index is 2.61. The molecule has 108 valence electrons. The molecule has 0 fully saturated rings. The maximum absolute atomic E-state index is 9.04. The predicted molar refractivity (Wildman–Crippen MR) is 79.8 cm³/mol. The van der Waals surface area contributed by atoms with Gasteiger partial charge in [-0.15, -0.1) is 0 Å². The standard InChI is InChI=1S/C16H27NO2/c1-5-15(10-11-18)17-13(3)12(2)14-6-8-16(19-4)9-7-14/h6-9,12-13,15,17-18H,5,10-11H2,1-4H3. The number of aliphatic hydroxyl groups is 1. The Morgan fingerprint density at radius 1 is 1.21 bits per heavy atom. The van der Waals surface area contributed by atoms with Crippen LogP contribution in [0.15, 0.2) is 24.3 Å². The van der Waals surface area contributed by atoms with Gasteiger partial charge in [-0.1, -0.05) is 26.0 Å². The summed E-state index contributed by atoms with van der Waals surface area (Å²) in [5, 5.41) is 12.6. The number of aliphatic hydroxyl groups excluding tert-OH is 1. The molecule has 3 atom stereocenters. The molecule has 0 aliphatic carbocycles. The highest BCUT2D eigenvalue weighted by Gasteiger charge is 2.17. The number of hydrogen-bond donors (Lipinski definition) is 2. The molecule has 0 heterocycles. The summed E-state index contributed by atoms with van der Waals surface area (Å²) in [6, 6.07) is 9.02. The van der Waals surface area contributed by atoms with E-state index in [9.17, 15) is 0 Å². The van der Waals surface area contributed by atoms with Crippen LogP contribution in [-0.2, 0) is 0 Å². The second kappa shape index (κ2) is 8.18. The minimum Gasteiger partial charge on any atom is -0.497 e. The van der Waals surface area contributed by atoms with Gasteiger partial charge in [-0.05, 0) is 43.4 Å². The first-order valence-corrected chi connectivity index (χ1v) is 7.13. The molecule has 0 saturated heterocycles. The van der Waals surface area contributed by atoms with Crippen molar-refractivity contribution in [2.24, 2.45) is 0 Å². The highest BCUT2D eigenvalue weighted by molar-refractivity contribution is 5.29. The molecule has 2 N–H and O–H groups in total. The van der Waals surface area contributed by atoms with Gasteiger partial charge in [0.2, 0.25) is 0 Å². The number of rotatable bonds is 8. The van der Waals surface area contributed by atoms with Gasteiger partial charge in [0.05, 0.1) is 7.11 Å². The van der Waals surface area contributed by atoms with Crippen molar-refractivity contribution in [1.29, 1.82) is 0 Å². The summed E-state index contributed by atoms with van der Waals surface area (Å²) >= 11 is 0. The van der Waals surface area contributed by atoms with E-state index in [1.54, 1.807) is 7.11 Å². The van der Waals surface area contributed by atoms with Crippen LogP contribution in [0.3, 0.4) is 0 Å². The molecule has 1 rings (SSSR count). The van der Waals surface area contributed by atoms with Crippen molar-refractivity contribution in [3.05, 3.63) is 29.8 Å². The first kappa shape index (κ1) is 16.0. The topological polar surface area (TPSA) is 41.5 Å². The van der Waals surface area contributed by atoms with Gasteiger partial charge in [-0.2, -0.15) is 0 Å². The largest absolute Gasteiger partial charge is 0.497 e. The third kappa shape index (κ3) is 4.84. The van der Waals surface area contributed by atoms with Crippen LogP contribution in [0, 0.1) is 0 Å². The molecule has 0 aliphatic heterocycles. The lowest BCUT2D eigenvalue weighted by Gasteiger charge is -2.27. The summed E-state index contributed by atoms with van der Waals surface area (Å²) < 4.78 is 5.18. The highest BCUT2D eigenvalue weighted by atomic mass is 16.5. The summed E-state index contributed by atoms with van der Waals surface area (Å²) in [4.78, 5) is 0. The first-order valence-electron chi connectivity index (χ1n) is 7.13. The van der Waals surface area contributed by atoms with E-state index >= 15 is 0 Å². The Kier molecular flexibility index (Phi) is 6.89. The van der Waals surface area contributed by atoms with Crippen LogP contribution in [0.4, 0.5) is 0 Å². The van der Waals surface area contributed by atoms with E-state index in [2.05, 4.69) is 38.2 Å². The average Bonchev–Trinajstić information content (AvgIpc) is 2.45. The summed E-state index contributed by atoms with van der Waals surface area (Å²) in [6.45, 7) is 6.83. The molecule has 3 unspecified atom stereocenters. The second-order valence-corrected chi connectivity index (χ2v) is 5.13. The molecule has 0 aromatic heterocycles. The SMILES string of the molecule is CCC(CCO)NC(C)C(C)c1ccc(OC)cc1. The highest BCUT2D eigenvalue weighted by Crippen LogP contribution is 2.22. The van der Waals surface area contributed by atoms with Crippen LogP contribution in [0.25, 0.3) is 0 Å². The summed E-state index contributed by atoms with van der Waals surface area (Å²) in [6.07, 6.45) is 1.86. The van der Waals surface area contributed by atoms with E-state index in [0.717, 1.165) is 18.6 Å². The van der Waals surface area contributed by atoms with E-state index < -0.39 is 0 Å². The average molecular weight is 265 g/mol. The third-order valence-electron chi connectivity index (χ3n) is 3.86. The molecule has 3 nitrogen and oxygen atoms in total. The second-order valence-electron chi connectivity index (χ2n) is 5.13. The van der Waals surface area contributed by atoms with Gasteiger partial charge in [0.25, 0.3) is 0 Å². The Morgan fingerprint density at radius 3 is 2.32 bits per heavy atom. The molecule has 0 bridgehead atoms. The molecular formula is C16H27NO2. The number of methoxy groups -OCH3 is 1. The van der Waals surface area contributed by atoms with Crippen LogP contribution in [0.5, 0.6) is 5.75 Å². The van der Waals surface area contributed by atoms with Gasteiger partial charge in [-0.3, -0.25) is 0 Å². The Labute approximate surface area is 117 Å². The monoisotopic (exact) mass is 265 g/mol. The smallest absolute Gasteiger partial charge is 0.118 e. The molecular weight excluding hydrogens is 238 g/mol. The predicted octanol–water partition coefficient (Wildman–Crippen LogP) is 2.94. The van der Waals surface area contributed by atoms with E-state index in [4.69, 9.17) is 9.84 Å². The molecule has 19 heavy (non-hydrogen) atoms. The summed E-state index contributed by atoms with van der Waals surface area (Å²) in [5.41, 5.74) is 1.31. The van der Waals surface area contributed by atoms with E-state index in [1.165, 1.54) is 5.56 Å². The number of ether oxygens (including phenoxy) is 1. The zero-order chi connectivity index (χ0) is 14.3. The first-order chi connectivity index (χ1) is 9.12. The summed E-state index contributed by atoms with van der Waals surface area (Å²) in [5.74, 6) is 1.32. The van der Waals surface area contributed by atoms with E-state index in [1.807, 2.05) is 12.1 Å². The molecule has 1 aromatic carbocycles. The molecule has 1 aromatic rings. The zero-order valence-electron chi connectivity index (χ0n) is 12.5. The normalized spacial score (nSPS) is 15.8. The molecule has 0 spiro atoms. The quantitative estimate of drug-likeness (QED) is 0.759. The minimum atomic E-state index is 0.245. The molecule has 0 aliphatic rings. The zero-order valence-corrected chi connectivity index (χ0v) is 12.5. The van der Waals surface area contributed by atoms with Crippen molar-refractivity contribution in [2.45, 2.75) is 51.6 Å². The Morgan fingerprint density at radius 2 is 1.84 bits per heavy atom. The van der Waals surface area contributed by atoms with Gasteiger partial charge in [0, 0.05) is 18.7 Å². The molecule has 0 amide bonds. The number of nitrogens with one attached hydrogen (secondary N) is 1. The lowest BCUT2D eigenvalue weighted by Crippen LogP contribution is -2.39. The minimum absolute atomic E-state index is 0.245. The fourth-order valence-corrected chi connectivity index (χ4v) is 2.27. The van der Waals surface area contributed by atoms with Gasteiger partial charge in [-0.25, -0.2) is 0 Å². The van der Waals surface area contributed by atoms with Crippen molar-refractivity contribution < 1.29 is 9.84 Å². The van der Waals surface area contributed by atoms with Gasteiger partial charge >= 0.3 is 0 Å². The van der Waals surface area contributed by atoms with Crippen molar-refractivity contribution in [2.75, 3.05) is 13.7 Å². The number of hydrogen-bond acceptors (Lipinski definition) is 3. The Hall–Kier alpha value is -1.06. The fraction of sp³-hybridized carbons (Fsp3) is 0.625. The van der Waals surface area contributed by atoms with Crippen LogP contribution in [-0.4, -0.2) is 30.9 Å². The van der Waals surface area contributed by atoms with Crippen LogP contribution in [0.2, 0.25) is 0 Å². The maximum Gasteiger partial charge on any atom is 0.118 e. The van der Waals surface area contributed by atoms with Crippen molar-refractivity contribution in [1.82, 2.24) is 5.32 Å². The lowest BCUT2D eigenvalue weighted by molar-refractivity contribution is 0.253. The maximum atomic E-state index is 9.04. The molecule has 0 radical (unpaired) electrons. The Bertz CT molecular complexity index is 350.